The number of pyridine rings is 1. The molecule has 2 heterocycles. The molecule has 0 unspecified atom stereocenters. The van der Waals surface area contributed by atoms with E-state index < -0.39 is 0 Å². The molecule has 0 amide bonds. The largest absolute Gasteiger partial charge is 0.324 e. The summed E-state index contributed by atoms with van der Waals surface area (Å²) in [7, 11) is 2.19. The van der Waals surface area contributed by atoms with E-state index in [-0.39, 0.29) is 6.54 Å². The Kier molecular flexibility index (Phi) is 7.84. The van der Waals surface area contributed by atoms with Crippen molar-refractivity contribution in [2.24, 2.45) is 5.73 Å². The summed E-state index contributed by atoms with van der Waals surface area (Å²) in [5, 5.41) is 2.63. The van der Waals surface area contributed by atoms with Crippen LogP contribution in [0.1, 0.15) is 25.5 Å². The number of rotatable bonds is 4. The summed E-state index contributed by atoms with van der Waals surface area (Å²) in [5.41, 5.74) is 5.86. The number of hydrogen-bond acceptors (Lipinski definition) is 6. The van der Waals surface area contributed by atoms with E-state index >= 15 is 0 Å². The van der Waals surface area contributed by atoms with Gasteiger partial charge in [-0.1, -0.05) is 26.0 Å². The Labute approximate surface area is 154 Å². The van der Waals surface area contributed by atoms with Gasteiger partial charge in [-0.15, -0.1) is 0 Å². The molecule has 1 aliphatic heterocycles. The molecule has 6 heteroatoms. The van der Waals surface area contributed by atoms with Crippen LogP contribution in [0.25, 0.3) is 10.8 Å². The van der Waals surface area contributed by atoms with Crippen LogP contribution in [-0.2, 0) is 4.79 Å². The smallest absolute Gasteiger partial charge is 0.133 e. The second-order valence-corrected chi connectivity index (χ2v) is 7.57. The molecular formula is C19H28N4OS. The highest BCUT2D eigenvalue weighted by atomic mass is 32.2. The summed E-state index contributed by atoms with van der Waals surface area (Å²) in [6.45, 7) is 9.11. The molecule has 1 aliphatic rings. The lowest BCUT2D eigenvalue weighted by Crippen LogP contribution is -2.40. The van der Waals surface area contributed by atoms with E-state index in [0.29, 0.717) is 12.2 Å². The van der Waals surface area contributed by atoms with Crippen molar-refractivity contribution in [2.45, 2.75) is 24.7 Å². The Morgan fingerprint density at radius 3 is 2.48 bits per heavy atom. The zero-order chi connectivity index (χ0) is 18.2. The second kappa shape index (κ2) is 9.87. The molecule has 136 valence electrons. The summed E-state index contributed by atoms with van der Waals surface area (Å²) >= 11 is 1.90. The van der Waals surface area contributed by atoms with Crippen molar-refractivity contribution in [3.05, 3.63) is 36.2 Å². The minimum Gasteiger partial charge on any atom is -0.324 e. The molecule has 0 atom stereocenters. The molecule has 1 fully saturated rings. The molecule has 3 rings (SSSR count). The molecular weight excluding hydrogens is 332 g/mol. The van der Waals surface area contributed by atoms with E-state index in [1.54, 1.807) is 0 Å². The van der Waals surface area contributed by atoms with E-state index in [1.165, 1.54) is 21.4 Å². The summed E-state index contributed by atoms with van der Waals surface area (Å²) in [6, 6.07) is 8.75. The standard InChI is InChI=1S/C17H23N3S.C2H5NO/c1-13(2)17-15-5-4-6-16(14(15)7-8-18-17)21-20-11-9-19(3)10-12-20;3-1-2-4/h4-8,13H,9-12H2,1-3H3;2H,1,3H2. The maximum absolute atomic E-state index is 9.05. The van der Waals surface area contributed by atoms with Gasteiger partial charge in [0, 0.05) is 49.2 Å². The highest BCUT2D eigenvalue weighted by Gasteiger charge is 2.16. The predicted molar refractivity (Wildman–Crippen MR) is 106 cm³/mol. The van der Waals surface area contributed by atoms with Crippen molar-refractivity contribution in [3.63, 3.8) is 0 Å². The summed E-state index contributed by atoms with van der Waals surface area (Å²) in [6.07, 6.45) is 2.60. The van der Waals surface area contributed by atoms with Gasteiger partial charge in [0.05, 0.1) is 5.69 Å². The fourth-order valence-corrected chi connectivity index (χ4v) is 3.80. The zero-order valence-electron chi connectivity index (χ0n) is 15.3. The first-order chi connectivity index (χ1) is 12.1. The van der Waals surface area contributed by atoms with E-state index in [2.05, 4.69) is 65.1 Å². The third-order valence-electron chi connectivity index (χ3n) is 4.13. The van der Waals surface area contributed by atoms with Crippen molar-refractivity contribution < 1.29 is 4.79 Å². The first-order valence-corrected chi connectivity index (χ1v) is 9.47. The number of benzene rings is 1. The molecule has 1 saturated heterocycles. The summed E-state index contributed by atoms with van der Waals surface area (Å²) in [4.78, 5) is 17.4. The van der Waals surface area contributed by atoms with Crippen molar-refractivity contribution in [1.82, 2.24) is 14.2 Å². The topological polar surface area (TPSA) is 62.5 Å². The number of carbonyl (C=O) groups excluding carboxylic acids is 1. The monoisotopic (exact) mass is 360 g/mol. The van der Waals surface area contributed by atoms with Crippen LogP contribution < -0.4 is 5.73 Å². The molecule has 0 saturated carbocycles. The molecule has 0 aliphatic carbocycles. The number of fused-ring (bicyclic) bond motifs is 1. The molecule has 1 aromatic heterocycles. The number of aldehydes is 1. The lowest BCUT2D eigenvalue weighted by Gasteiger charge is -2.31. The average Bonchev–Trinajstić information content (AvgIpc) is 2.63. The molecule has 2 aromatic rings. The van der Waals surface area contributed by atoms with Gasteiger partial charge >= 0.3 is 0 Å². The Morgan fingerprint density at radius 1 is 1.20 bits per heavy atom. The van der Waals surface area contributed by atoms with Gasteiger partial charge in [-0.2, -0.15) is 0 Å². The molecule has 5 nitrogen and oxygen atoms in total. The Bertz CT molecular complexity index is 684. The fourth-order valence-electron chi connectivity index (χ4n) is 2.76. The molecule has 0 radical (unpaired) electrons. The predicted octanol–water partition coefficient (Wildman–Crippen LogP) is 2.76. The third kappa shape index (κ3) is 5.51. The number of likely N-dealkylation sites (N-methyl/N-ethyl adjacent to an activating group) is 1. The fraction of sp³-hybridized carbons (Fsp3) is 0.474. The Hall–Kier alpha value is -1.47. The van der Waals surface area contributed by atoms with Crippen LogP contribution in [0.2, 0.25) is 0 Å². The van der Waals surface area contributed by atoms with E-state index in [1.807, 2.05) is 18.1 Å². The van der Waals surface area contributed by atoms with Crippen LogP contribution in [0.4, 0.5) is 0 Å². The van der Waals surface area contributed by atoms with Gasteiger partial charge in [0.25, 0.3) is 0 Å². The van der Waals surface area contributed by atoms with Gasteiger partial charge in [0.2, 0.25) is 0 Å². The van der Waals surface area contributed by atoms with Gasteiger partial charge in [0.15, 0.2) is 0 Å². The average molecular weight is 361 g/mol. The van der Waals surface area contributed by atoms with E-state index in [0.717, 1.165) is 26.2 Å². The zero-order valence-corrected chi connectivity index (χ0v) is 16.1. The van der Waals surface area contributed by atoms with Gasteiger partial charge < -0.3 is 15.4 Å². The van der Waals surface area contributed by atoms with E-state index in [9.17, 15) is 0 Å². The number of nitrogens with zero attached hydrogens (tertiary/aromatic N) is 3. The first-order valence-electron chi connectivity index (χ1n) is 8.69. The van der Waals surface area contributed by atoms with Crippen molar-refractivity contribution in [3.8, 4) is 0 Å². The number of carbonyl (C=O) groups is 1. The van der Waals surface area contributed by atoms with Crippen LogP contribution in [-0.4, -0.2) is 60.2 Å². The summed E-state index contributed by atoms with van der Waals surface area (Å²) in [5.74, 6) is 0.456. The van der Waals surface area contributed by atoms with Crippen molar-refractivity contribution >= 4 is 29.0 Å². The maximum Gasteiger partial charge on any atom is 0.133 e. The molecule has 0 spiro atoms. The van der Waals surface area contributed by atoms with Gasteiger partial charge in [-0.25, -0.2) is 4.31 Å². The highest BCUT2D eigenvalue weighted by molar-refractivity contribution is 7.97. The van der Waals surface area contributed by atoms with Crippen LogP contribution >= 0.6 is 11.9 Å². The van der Waals surface area contributed by atoms with Gasteiger partial charge in [-0.3, -0.25) is 4.98 Å². The normalized spacial score (nSPS) is 15.9. The molecule has 25 heavy (non-hydrogen) atoms. The number of piperazine rings is 1. The van der Waals surface area contributed by atoms with Crippen LogP contribution in [0.3, 0.4) is 0 Å². The Balaban J connectivity index is 0.000000511. The van der Waals surface area contributed by atoms with Gasteiger partial charge in [0.1, 0.15) is 6.29 Å². The van der Waals surface area contributed by atoms with Crippen LogP contribution in [0.15, 0.2) is 35.4 Å². The lowest BCUT2D eigenvalue weighted by atomic mass is 10.0. The number of aromatic nitrogens is 1. The van der Waals surface area contributed by atoms with Crippen LogP contribution in [0.5, 0.6) is 0 Å². The first kappa shape index (κ1) is 19.8. The number of hydrogen-bond donors (Lipinski definition) is 1. The van der Waals surface area contributed by atoms with Gasteiger partial charge in [-0.05, 0) is 42.4 Å². The highest BCUT2D eigenvalue weighted by Crippen LogP contribution is 2.33. The van der Waals surface area contributed by atoms with Crippen LogP contribution in [0, 0.1) is 0 Å². The van der Waals surface area contributed by atoms with E-state index in [4.69, 9.17) is 4.79 Å². The number of nitrogens with two attached hydrogens (primary N) is 1. The molecule has 0 bridgehead atoms. The SMILES string of the molecule is CC(C)c1nccc2c(SN3CCN(C)CC3)cccc12.NCC=O. The Morgan fingerprint density at radius 2 is 1.88 bits per heavy atom. The quantitative estimate of drug-likeness (QED) is 0.668. The van der Waals surface area contributed by atoms with Crippen molar-refractivity contribution in [1.29, 1.82) is 0 Å². The minimum absolute atomic E-state index is 0.139. The molecule has 1 aromatic carbocycles. The van der Waals surface area contributed by atoms with Crippen molar-refractivity contribution in [2.75, 3.05) is 39.8 Å². The second-order valence-electron chi connectivity index (χ2n) is 6.43. The molecule has 2 N–H and O–H groups in total. The maximum atomic E-state index is 9.05. The summed E-state index contributed by atoms with van der Waals surface area (Å²) < 4.78 is 2.48. The third-order valence-corrected chi connectivity index (χ3v) is 5.31. The lowest BCUT2D eigenvalue weighted by molar-refractivity contribution is -0.106. The minimum atomic E-state index is 0.139.